The third kappa shape index (κ3) is 3.99. The molecule has 2 aromatic heterocycles. The molecule has 5 rings (SSSR count). The molecule has 1 saturated heterocycles. The number of anilines is 1. The molecule has 0 spiro atoms. The molecule has 0 bridgehead atoms. The largest absolute Gasteiger partial charge is 0.379 e. The summed E-state index contributed by atoms with van der Waals surface area (Å²) in [6.45, 7) is 3.84. The predicted molar refractivity (Wildman–Crippen MR) is 120 cm³/mol. The van der Waals surface area contributed by atoms with Crippen molar-refractivity contribution in [2.75, 3.05) is 31.6 Å². The van der Waals surface area contributed by atoms with Crippen LogP contribution in [0.3, 0.4) is 0 Å². The van der Waals surface area contributed by atoms with E-state index in [2.05, 4.69) is 32.3 Å². The molecule has 30 heavy (non-hydrogen) atoms. The molecule has 0 atom stereocenters. The minimum absolute atomic E-state index is 0.245. The summed E-state index contributed by atoms with van der Waals surface area (Å²) in [5.74, 6) is 0.581. The number of primary amides is 1. The normalized spacial score (nSPS) is 23.1. The Bertz CT molecular complexity index is 1050. The maximum absolute atomic E-state index is 11.4. The number of nitrogens with two attached hydrogens (primary N) is 1. The number of aromatic nitrogens is 2. The van der Waals surface area contributed by atoms with Gasteiger partial charge in [-0.1, -0.05) is 6.07 Å². The van der Waals surface area contributed by atoms with E-state index < -0.39 is 0 Å². The van der Waals surface area contributed by atoms with Crippen LogP contribution in [0.25, 0.3) is 20.3 Å². The van der Waals surface area contributed by atoms with E-state index in [1.165, 1.54) is 12.8 Å². The fourth-order valence-corrected chi connectivity index (χ4v) is 5.82. The summed E-state index contributed by atoms with van der Waals surface area (Å²) in [7, 11) is 0. The second-order valence-electron chi connectivity index (χ2n) is 8.28. The highest BCUT2D eigenvalue weighted by molar-refractivity contribution is 7.25. The molecule has 1 aromatic carbocycles. The van der Waals surface area contributed by atoms with E-state index in [9.17, 15) is 4.79 Å². The van der Waals surface area contributed by atoms with Gasteiger partial charge < -0.3 is 15.8 Å². The SMILES string of the molecule is NC(=O)Cc1ccc2sc3ncnc(N[C@H]4CC[C@H](N5CCOCC5)CC4)c3c2c1. The Morgan fingerprint density at radius 2 is 2.00 bits per heavy atom. The number of hydrogen-bond donors (Lipinski definition) is 2. The Kier molecular flexibility index (Phi) is 5.54. The van der Waals surface area contributed by atoms with Crippen LogP contribution in [0.1, 0.15) is 31.2 Å². The van der Waals surface area contributed by atoms with Crippen LogP contribution in [0.5, 0.6) is 0 Å². The maximum atomic E-state index is 11.4. The van der Waals surface area contributed by atoms with Crippen molar-refractivity contribution in [1.82, 2.24) is 14.9 Å². The minimum Gasteiger partial charge on any atom is -0.379 e. The summed E-state index contributed by atoms with van der Waals surface area (Å²) in [6, 6.07) is 7.18. The van der Waals surface area contributed by atoms with Gasteiger partial charge in [0.05, 0.1) is 25.0 Å². The lowest BCUT2D eigenvalue weighted by Crippen LogP contribution is -2.46. The van der Waals surface area contributed by atoms with E-state index in [0.29, 0.717) is 12.1 Å². The lowest BCUT2D eigenvalue weighted by molar-refractivity contribution is -0.117. The molecule has 1 amide bonds. The van der Waals surface area contributed by atoms with Crippen LogP contribution in [-0.2, 0) is 16.0 Å². The second-order valence-corrected chi connectivity index (χ2v) is 9.31. The van der Waals surface area contributed by atoms with Gasteiger partial charge in [0.25, 0.3) is 0 Å². The number of thiophene rings is 1. The highest BCUT2D eigenvalue weighted by Crippen LogP contribution is 2.37. The fourth-order valence-electron chi connectivity index (χ4n) is 4.80. The Hall–Kier alpha value is -2.29. The molecule has 158 valence electrons. The molecule has 2 fully saturated rings. The molecular weight excluding hydrogens is 398 g/mol. The van der Waals surface area contributed by atoms with Crippen LogP contribution in [0.2, 0.25) is 0 Å². The number of carbonyl (C=O) groups excluding carboxylic acids is 1. The summed E-state index contributed by atoms with van der Waals surface area (Å²) in [4.78, 5) is 24.0. The molecule has 7 nitrogen and oxygen atoms in total. The van der Waals surface area contributed by atoms with Gasteiger partial charge in [0, 0.05) is 35.3 Å². The van der Waals surface area contributed by atoms with Crippen molar-refractivity contribution < 1.29 is 9.53 Å². The maximum Gasteiger partial charge on any atom is 0.221 e. The summed E-state index contributed by atoms with van der Waals surface area (Å²) in [6.07, 6.45) is 6.59. The predicted octanol–water partition coefficient (Wildman–Crippen LogP) is 2.93. The molecule has 1 aliphatic carbocycles. The van der Waals surface area contributed by atoms with Crippen LogP contribution in [0, 0.1) is 0 Å². The van der Waals surface area contributed by atoms with Crippen molar-refractivity contribution >= 4 is 43.4 Å². The number of benzene rings is 1. The second kappa shape index (κ2) is 8.45. The number of amides is 1. The van der Waals surface area contributed by atoms with E-state index in [1.54, 1.807) is 17.7 Å². The minimum atomic E-state index is -0.319. The average Bonchev–Trinajstić information content (AvgIpc) is 3.13. The zero-order valence-corrected chi connectivity index (χ0v) is 17.8. The lowest BCUT2D eigenvalue weighted by Gasteiger charge is -2.39. The molecule has 8 heteroatoms. The Morgan fingerprint density at radius 1 is 1.20 bits per heavy atom. The van der Waals surface area contributed by atoms with Crippen LogP contribution in [0.4, 0.5) is 5.82 Å². The van der Waals surface area contributed by atoms with Crippen molar-refractivity contribution in [3.05, 3.63) is 30.1 Å². The first kappa shape index (κ1) is 19.7. The zero-order chi connectivity index (χ0) is 20.5. The van der Waals surface area contributed by atoms with Crippen molar-refractivity contribution in [2.45, 2.75) is 44.2 Å². The Morgan fingerprint density at radius 3 is 2.77 bits per heavy atom. The number of carbonyl (C=O) groups is 1. The number of morpholine rings is 1. The summed E-state index contributed by atoms with van der Waals surface area (Å²) in [5, 5.41) is 5.86. The van der Waals surface area contributed by atoms with Gasteiger partial charge in [0.15, 0.2) is 0 Å². The standard InChI is InChI=1S/C22H27N5O2S/c23-19(28)12-14-1-6-18-17(11-14)20-21(24-13-25-22(20)30-18)26-15-2-4-16(5-3-15)27-7-9-29-10-8-27/h1,6,11,13,15-16H,2-5,7-10,12H2,(H2,23,28)(H,24,25,26)/t15-,16-. The number of rotatable bonds is 5. The van der Waals surface area contributed by atoms with E-state index in [4.69, 9.17) is 10.5 Å². The molecule has 2 aliphatic rings. The average molecular weight is 426 g/mol. The summed E-state index contributed by atoms with van der Waals surface area (Å²) < 4.78 is 6.65. The number of nitrogens with one attached hydrogen (secondary N) is 1. The molecule has 0 radical (unpaired) electrons. The van der Waals surface area contributed by atoms with Gasteiger partial charge in [-0.3, -0.25) is 9.69 Å². The topological polar surface area (TPSA) is 93.4 Å². The van der Waals surface area contributed by atoms with Gasteiger partial charge in [0.1, 0.15) is 17.0 Å². The van der Waals surface area contributed by atoms with E-state index in [-0.39, 0.29) is 12.3 Å². The number of ether oxygens (including phenoxy) is 1. The zero-order valence-electron chi connectivity index (χ0n) is 17.0. The van der Waals surface area contributed by atoms with Crippen molar-refractivity contribution in [2.24, 2.45) is 5.73 Å². The van der Waals surface area contributed by atoms with Crippen LogP contribution in [0.15, 0.2) is 24.5 Å². The van der Waals surface area contributed by atoms with Crippen LogP contribution in [-0.4, -0.2) is 59.2 Å². The monoisotopic (exact) mass is 425 g/mol. The molecule has 0 unspecified atom stereocenters. The fraction of sp³-hybridized carbons (Fsp3) is 0.500. The first-order valence-electron chi connectivity index (χ1n) is 10.7. The Labute approximate surface area is 179 Å². The third-order valence-corrected chi connectivity index (χ3v) is 7.39. The van der Waals surface area contributed by atoms with Crippen molar-refractivity contribution in [3.63, 3.8) is 0 Å². The molecule has 3 heterocycles. The molecular formula is C22H27N5O2S. The highest BCUT2D eigenvalue weighted by atomic mass is 32.1. The van der Waals surface area contributed by atoms with E-state index >= 15 is 0 Å². The van der Waals surface area contributed by atoms with Gasteiger partial charge in [-0.25, -0.2) is 9.97 Å². The van der Waals surface area contributed by atoms with Crippen molar-refractivity contribution in [1.29, 1.82) is 0 Å². The number of nitrogens with zero attached hydrogens (tertiary/aromatic N) is 3. The molecule has 1 aliphatic heterocycles. The number of hydrogen-bond acceptors (Lipinski definition) is 7. The molecule has 3 N–H and O–H groups in total. The lowest BCUT2D eigenvalue weighted by atomic mass is 9.90. The quantitative estimate of drug-likeness (QED) is 0.653. The van der Waals surface area contributed by atoms with Gasteiger partial charge in [-0.2, -0.15) is 0 Å². The smallest absolute Gasteiger partial charge is 0.221 e. The Balaban J connectivity index is 1.36. The van der Waals surface area contributed by atoms with Gasteiger partial charge >= 0.3 is 0 Å². The first-order chi connectivity index (χ1) is 14.7. The summed E-state index contributed by atoms with van der Waals surface area (Å²) >= 11 is 1.66. The van der Waals surface area contributed by atoms with Gasteiger partial charge in [0.2, 0.25) is 5.91 Å². The van der Waals surface area contributed by atoms with Crippen LogP contribution < -0.4 is 11.1 Å². The highest BCUT2D eigenvalue weighted by Gasteiger charge is 2.27. The van der Waals surface area contributed by atoms with E-state index in [1.807, 2.05) is 6.07 Å². The third-order valence-electron chi connectivity index (χ3n) is 6.31. The molecule has 3 aromatic rings. The van der Waals surface area contributed by atoms with E-state index in [0.717, 1.165) is 70.8 Å². The van der Waals surface area contributed by atoms with Crippen LogP contribution >= 0.6 is 11.3 Å². The van der Waals surface area contributed by atoms with Gasteiger partial charge in [-0.05, 0) is 43.4 Å². The summed E-state index contributed by atoms with van der Waals surface area (Å²) in [5.41, 5.74) is 6.32. The van der Waals surface area contributed by atoms with Gasteiger partial charge in [-0.15, -0.1) is 11.3 Å². The van der Waals surface area contributed by atoms with Crippen molar-refractivity contribution in [3.8, 4) is 0 Å². The first-order valence-corrected chi connectivity index (χ1v) is 11.5. The molecule has 1 saturated carbocycles. The number of fused-ring (bicyclic) bond motifs is 3.